The monoisotopic (exact) mass is 374 g/mol. The highest BCUT2D eigenvalue weighted by Crippen LogP contribution is 2.11. The number of thioether (sulfide) groups is 1. The normalized spacial score (nSPS) is 14.2. The zero-order valence-electron chi connectivity index (χ0n) is 16.8. The van der Waals surface area contributed by atoms with Crippen molar-refractivity contribution in [2.45, 2.75) is 72.6 Å². The number of carbonyl (C=O) groups is 3. The molecule has 0 spiro atoms. The first-order valence-corrected chi connectivity index (χ1v) is 10.1. The van der Waals surface area contributed by atoms with Crippen molar-refractivity contribution in [1.29, 1.82) is 0 Å². The number of ether oxygens (including phenoxy) is 1. The molecule has 0 saturated carbocycles. The molecule has 0 aliphatic rings. The smallest absolute Gasteiger partial charge is 0.408 e. The first kappa shape index (κ1) is 23.8. The van der Waals surface area contributed by atoms with Gasteiger partial charge in [0.2, 0.25) is 5.91 Å². The summed E-state index contributed by atoms with van der Waals surface area (Å²) in [4.78, 5) is 37.0. The van der Waals surface area contributed by atoms with Crippen LogP contribution in [0.1, 0.15) is 54.9 Å². The van der Waals surface area contributed by atoms with Crippen LogP contribution in [0.15, 0.2) is 0 Å². The molecule has 25 heavy (non-hydrogen) atoms. The zero-order valence-corrected chi connectivity index (χ0v) is 17.6. The Labute approximate surface area is 156 Å². The molecule has 2 unspecified atom stereocenters. The van der Waals surface area contributed by atoms with Crippen molar-refractivity contribution in [2.75, 3.05) is 12.0 Å². The number of amides is 2. The molecular formula is C18H34N2O4S. The van der Waals surface area contributed by atoms with E-state index in [0.29, 0.717) is 6.42 Å². The molecule has 2 amide bonds. The number of nitrogens with one attached hydrogen (secondary N) is 2. The van der Waals surface area contributed by atoms with Gasteiger partial charge in [0.25, 0.3) is 0 Å². The van der Waals surface area contributed by atoms with Crippen molar-refractivity contribution in [1.82, 2.24) is 10.6 Å². The summed E-state index contributed by atoms with van der Waals surface area (Å²) in [5, 5.41) is 5.42. The Kier molecular flexibility index (Phi) is 10.2. The van der Waals surface area contributed by atoms with E-state index in [-0.39, 0.29) is 23.5 Å². The highest BCUT2D eigenvalue weighted by Gasteiger charge is 2.30. The predicted molar refractivity (Wildman–Crippen MR) is 103 cm³/mol. The van der Waals surface area contributed by atoms with Gasteiger partial charge in [0.05, 0.1) is 6.04 Å². The second-order valence-corrected chi connectivity index (χ2v) is 8.75. The highest BCUT2D eigenvalue weighted by atomic mass is 32.2. The number of Topliss-reactive ketones (excluding diaryl/α,β-unsaturated/α-hetero) is 1. The Morgan fingerprint density at radius 1 is 1.04 bits per heavy atom. The molecule has 0 aliphatic heterocycles. The van der Waals surface area contributed by atoms with Gasteiger partial charge in [0.1, 0.15) is 11.6 Å². The standard InChI is InChI=1S/C18H34N2O4S/c1-11(2)14(20-17(23)24-18(5,6)7)16(22)19-13(9-10-25-8)15(21)12(3)4/h11-14H,9-10H2,1-8H3,(H,19,22)(H,20,23). The average Bonchev–Trinajstić information content (AvgIpc) is 2.45. The third kappa shape index (κ3) is 9.72. The minimum atomic E-state index is -0.758. The Balaban J connectivity index is 5.05. The highest BCUT2D eigenvalue weighted by molar-refractivity contribution is 7.98. The quantitative estimate of drug-likeness (QED) is 0.648. The molecule has 0 saturated heterocycles. The summed E-state index contributed by atoms with van der Waals surface area (Å²) in [5.74, 6) is 0.115. The molecule has 2 N–H and O–H groups in total. The summed E-state index contributed by atoms with van der Waals surface area (Å²) in [6.07, 6.45) is 1.89. The number of rotatable bonds is 9. The van der Waals surface area contributed by atoms with Gasteiger partial charge in [-0.2, -0.15) is 11.8 Å². The molecule has 146 valence electrons. The van der Waals surface area contributed by atoms with Crippen LogP contribution in [0.4, 0.5) is 4.79 Å². The molecule has 0 rings (SSSR count). The van der Waals surface area contributed by atoms with E-state index < -0.39 is 23.8 Å². The first-order valence-electron chi connectivity index (χ1n) is 8.71. The van der Waals surface area contributed by atoms with E-state index in [1.165, 1.54) is 0 Å². The van der Waals surface area contributed by atoms with Gasteiger partial charge in [-0.25, -0.2) is 4.79 Å². The molecule has 0 bridgehead atoms. The van der Waals surface area contributed by atoms with E-state index >= 15 is 0 Å². The maximum atomic E-state index is 12.6. The maximum Gasteiger partial charge on any atom is 0.408 e. The summed E-state index contributed by atoms with van der Waals surface area (Å²) >= 11 is 1.62. The third-order valence-corrected chi connectivity index (χ3v) is 4.10. The minimum absolute atomic E-state index is 0.00201. The second kappa shape index (κ2) is 10.7. The fourth-order valence-corrected chi connectivity index (χ4v) is 2.63. The number of carbonyl (C=O) groups excluding carboxylic acids is 3. The molecule has 0 aromatic carbocycles. The van der Waals surface area contributed by atoms with E-state index in [2.05, 4.69) is 10.6 Å². The van der Waals surface area contributed by atoms with Crippen LogP contribution in [0.2, 0.25) is 0 Å². The fourth-order valence-electron chi connectivity index (χ4n) is 2.15. The lowest BCUT2D eigenvalue weighted by Crippen LogP contribution is -2.54. The van der Waals surface area contributed by atoms with Crippen LogP contribution in [0, 0.1) is 11.8 Å². The topological polar surface area (TPSA) is 84.5 Å². The molecule has 0 aromatic rings. The van der Waals surface area contributed by atoms with Gasteiger partial charge in [0.15, 0.2) is 5.78 Å². The van der Waals surface area contributed by atoms with Crippen molar-refractivity contribution >= 4 is 29.5 Å². The van der Waals surface area contributed by atoms with Crippen molar-refractivity contribution in [3.8, 4) is 0 Å². The molecule has 6 nitrogen and oxygen atoms in total. The fraction of sp³-hybridized carbons (Fsp3) is 0.833. The van der Waals surface area contributed by atoms with Crippen LogP contribution < -0.4 is 10.6 Å². The van der Waals surface area contributed by atoms with Crippen LogP contribution in [0.3, 0.4) is 0 Å². The van der Waals surface area contributed by atoms with Crippen LogP contribution in [0.5, 0.6) is 0 Å². The van der Waals surface area contributed by atoms with Gasteiger partial charge in [-0.3, -0.25) is 9.59 Å². The molecule has 0 aromatic heterocycles. The van der Waals surface area contributed by atoms with Crippen molar-refractivity contribution < 1.29 is 19.1 Å². The average molecular weight is 375 g/mol. The summed E-state index contributed by atoms with van der Waals surface area (Å²) in [6, 6.07) is -1.30. The van der Waals surface area contributed by atoms with E-state index in [9.17, 15) is 14.4 Å². The van der Waals surface area contributed by atoms with E-state index in [1.807, 2.05) is 34.0 Å². The largest absolute Gasteiger partial charge is 0.444 e. The summed E-state index contributed by atoms with van der Waals surface area (Å²) in [6.45, 7) is 12.6. The third-order valence-electron chi connectivity index (χ3n) is 3.46. The molecule has 7 heteroatoms. The SMILES string of the molecule is CSCCC(NC(=O)C(NC(=O)OC(C)(C)C)C(C)C)C(=O)C(C)C. The number of hydrogen-bond acceptors (Lipinski definition) is 5. The predicted octanol–water partition coefficient (Wildman–Crippen LogP) is 3.00. The Bertz CT molecular complexity index is 458. The van der Waals surface area contributed by atoms with Crippen LogP contribution in [0.25, 0.3) is 0 Å². The Hall–Kier alpha value is -1.24. The van der Waals surface area contributed by atoms with Crippen LogP contribution in [-0.2, 0) is 14.3 Å². The molecule has 0 radical (unpaired) electrons. The van der Waals surface area contributed by atoms with Gasteiger partial charge < -0.3 is 15.4 Å². The van der Waals surface area contributed by atoms with Crippen molar-refractivity contribution in [3.63, 3.8) is 0 Å². The molecule has 0 fully saturated rings. The second-order valence-electron chi connectivity index (χ2n) is 7.77. The zero-order chi connectivity index (χ0) is 19.8. The lowest BCUT2D eigenvalue weighted by atomic mass is 9.98. The Morgan fingerprint density at radius 3 is 2.00 bits per heavy atom. The molecular weight excluding hydrogens is 340 g/mol. The van der Waals surface area contributed by atoms with Crippen molar-refractivity contribution in [2.24, 2.45) is 11.8 Å². The summed E-state index contributed by atoms with van der Waals surface area (Å²) < 4.78 is 5.22. The lowest BCUT2D eigenvalue weighted by molar-refractivity contribution is -0.131. The first-order chi connectivity index (χ1) is 11.4. The van der Waals surface area contributed by atoms with Gasteiger partial charge in [-0.05, 0) is 45.1 Å². The summed E-state index contributed by atoms with van der Waals surface area (Å²) in [7, 11) is 0. The van der Waals surface area contributed by atoms with E-state index in [0.717, 1.165) is 5.75 Å². The molecule has 2 atom stereocenters. The Morgan fingerprint density at radius 2 is 1.60 bits per heavy atom. The summed E-state index contributed by atoms with van der Waals surface area (Å²) in [5.41, 5.74) is -0.642. The lowest BCUT2D eigenvalue weighted by Gasteiger charge is -2.27. The van der Waals surface area contributed by atoms with E-state index in [4.69, 9.17) is 4.74 Å². The van der Waals surface area contributed by atoms with E-state index in [1.54, 1.807) is 32.5 Å². The molecule has 0 heterocycles. The maximum absolute atomic E-state index is 12.6. The number of alkyl carbamates (subject to hydrolysis) is 1. The van der Waals surface area contributed by atoms with Crippen LogP contribution >= 0.6 is 11.8 Å². The number of hydrogen-bond donors (Lipinski definition) is 2. The minimum Gasteiger partial charge on any atom is -0.444 e. The van der Waals surface area contributed by atoms with Gasteiger partial charge in [0, 0.05) is 5.92 Å². The van der Waals surface area contributed by atoms with Crippen molar-refractivity contribution in [3.05, 3.63) is 0 Å². The van der Waals surface area contributed by atoms with Gasteiger partial charge in [-0.1, -0.05) is 27.7 Å². The molecule has 0 aliphatic carbocycles. The van der Waals surface area contributed by atoms with Gasteiger partial charge in [-0.15, -0.1) is 0 Å². The van der Waals surface area contributed by atoms with Gasteiger partial charge >= 0.3 is 6.09 Å². The number of ketones is 1. The van der Waals surface area contributed by atoms with Crippen LogP contribution in [-0.4, -0.2) is 47.5 Å².